The number of fused-ring (bicyclic) bond motifs is 2. The summed E-state index contributed by atoms with van der Waals surface area (Å²) in [5.41, 5.74) is -1.21. The molecule has 3 rings (SSSR count). The van der Waals surface area contributed by atoms with E-state index in [4.69, 9.17) is 0 Å². The molecule has 0 spiro atoms. The summed E-state index contributed by atoms with van der Waals surface area (Å²) in [6, 6.07) is 0.923. The Labute approximate surface area is 138 Å². The van der Waals surface area contributed by atoms with Crippen LogP contribution in [0.2, 0.25) is 0 Å². The molecule has 0 saturated heterocycles. The zero-order valence-corrected chi connectivity index (χ0v) is 13.9. The van der Waals surface area contributed by atoms with Crippen molar-refractivity contribution in [2.24, 2.45) is 16.7 Å². The van der Waals surface area contributed by atoms with Crippen molar-refractivity contribution >= 4 is 11.6 Å². The Morgan fingerprint density at radius 1 is 1.29 bits per heavy atom. The van der Waals surface area contributed by atoms with Gasteiger partial charge in [0.25, 0.3) is 11.6 Å². The molecule has 5 nitrogen and oxygen atoms in total. The number of rotatable bonds is 3. The van der Waals surface area contributed by atoms with Crippen LogP contribution in [0.5, 0.6) is 0 Å². The average molecular weight is 338 g/mol. The fourth-order valence-corrected chi connectivity index (χ4v) is 4.53. The van der Waals surface area contributed by atoms with E-state index >= 15 is 0 Å². The number of carbonyl (C=O) groups is 1. The minimum absolute atomic E-state index is 0.0604. The van der Waals surface area contributed by atoms with E-state index in [1.807, 2.05) is 0 Å². The molecule has 0 unspecified atom stereocenters. The van der Waals surface area contributed by atoms with Gasteiger partial charge in [-0.15, -0.1) is 0 Å². The van der Waals surface area contributed by atoms with Gasteiger partial charge in [0, 0.05) is 6.04 Å². The quantitative estimate of drug-likeness (QED) is 0.673. The van der Waals surface area contributed by atoms with Crippen LogP contribution in [-0.2, 0) is 0 Å². The van der Waals surface area contributed by atoms with Gasteiger partial charge in [0.2, 0.25) is 0 Å². The number of nitrogens with one attached hydrogen (secondary N) is 1. The van der Waals surface area contributed by atoms with Gasteiger partial charge in [0.1, 0.15) is 5.56 Å². The van der Waals surface area contributed by atoms with E-state index in [0.717, 1.165) is 19.3 Å². The number of halogens is 2. The lowest BCUT2D eigenvalue weighted by Gasteiger charge is -2.39. The SMILES string of the molecule is CC1(C)[C@H]2CC[C@@]1(C)[C@@H](NC(=O)c1cc(F)c(F)cc1[N+](=O)[O-])C2. The number of hydrogen-bond donors (Lipinski definition) is 1. The molecule has 1 N–H and O–H groups in total. The van der Waals surface area contributed by atoms with E-state index < -0.39 is 33.7 Å². The van der Waals surface area contributed by atoms with E-state index in [-0.39, 0.29) is 16.9 Å². The molecular weight excluding hydrogens is 318 g/mol. The lowest BCUT2D eigenvalue weighted by molar-refractivity contribution is -0.385. The zero-order valence-electron chi connectivity index (χ0n) is 13.9. The summed E-state index contributed by atoms with van der Waals surface area (Å²) in [7, 11) is 0. The minimum atomic E-state index is -1.34. The van der Waals surface area contributed by atoms with Gasteiger partial charge in [-0.25, -0.2) is 8.78 Å². The fraction of sp³-hybridized carbons (Fsp3) is 0.588. The third-order valence-corrected chi connectivity index (χ3v) is 6.58. The Hall–Kier alpha value is -2.05. The molecule has 1 amide bonds. The molecule has 1 aromatic carbocycles. The summed E-state index contributed by atoms with van der Waals surface area (Å²) >= 11 is 0. The maximum Gasteiger partial charge on any atom is 0.285 e. The molecule has 2 aliphatic carbocycles. The van der Waals surface area contributed by atoms with Gasteiger partial charge in [-0.3, -0.25) is 14.9 Å². The molecular formula is C17H20F2N2O3. The van der Waals surface area contributed by atoms with Crippen molar-refractivity contribution in [2.45, 2.75) is 46.1 Å². The number of hydrogen-bond acceptors (Lipinski definition) is 3. The highest BCUT2D eigenvalue weighted by Gasteiger charge is 2.61. The third-order valence-electron chi connectivity index (χ3n) is 6.58. The van der Waals surface area contributed by atoms with Gasteiger partial charge in [-0.2, -0.15) is 0 Å². The molecule has 3 atom stereocenters. The Kier molecular flexibility index (Phi) is 3.66. The highest BCUT2D eigenvalue weighted by atomic mass is 19.2. The highest BCUT2D eigenvalue weighted by molar-refractivity contribution is 5.98. The van der Waals surface area contributed by atoms with Crippen LogP contribution in [0.1, 0.15) is 50.4 Å². The standard InChI is InChI=1S/C17H20F2N2O3/c1-16(2)9-4-5-17(16,3)14(6-9)20-15(22)10-7-11(18)12(19)8-13(10)21(23)24/h7-9,14H,4-6H2,1-3H3,(H,20,22)/t9-,14-,17-/m0/s1. The maximum atomic E-state index is 13.5. The number of nitro groups is 1. The minimum Gasteiger partial charge on any atom is -0.349 e. The topological polar surface area (TPSA) is 72.2 Å². The van der Waals surface area contributed by atoms with Crippen LogP contribution < -0.4 is 5.32 Å². The second-order valence-corrected chi connectivity index (χ2v) is 7.68. The summed E-state index contributed by atoms with van der Waals surface area (Å²) in [6.45, 7) is 6.47. The summed E-state index contributed by atoms with van der Waals surface area (Å²) in [4.78, 5) is 22.7. The summed E-state index contributed by atoms with van der Waals surface area (Å²) in [6.07, 6.45) is 2.86. The predicted molar refractivity (Wildman–Crippen MR) is 83.5 cm³/mol. The van der Waals surface area contributed by atoms with Gasteiger partial charge in [-0.05, 0) is 42.1 Å². The van der Waals surface area contributed by atoms with Crippen LogP contribution in [0.25, 0.3) is 0 Å². The number of nitrogens with zero attached hydrogens (tertiary/aromatic N) is 1. The lowest BCUT2D eigenvalue weighted by Crippen LogP contribution is -2.47. The van der Waals surface area contributed by atoms with Crippen molar-refractivity contribution < 1.29 is 18.5 Å². The summed E-state index contributed by atoms with van der Waals surface area (Å²) < 4.78 is 26.7. The first-order valence-electron chi connectivity index (χ1n) is 8.02. The van der Waals surface area contributed by atoms with E-state index in [9.17, 15) is 23.7 Å². The summed E-state index contributed by atoms with van der Waals surface area (Å²) in [5, 5.41) is 13.9. The molecule has 0 aliphatic heterocycles. The van der Waals surface area contributed by atoms with E-state index in [1.54, 1.807) is 0 Å². The Morgan fingerprint density at radius 2 is 1.92 bits per heavy atom. The van der Waals surface area contributed by atoms with Crippen molar-refractivity contribution in [3.8, 4) is 0 Å². The molecule has 2 saturated carbocycles. The molecule has 0 heterocycles. The van der Waals surface area contributed by atoms with Crippen LogP contribution in [0.4, 0.5) is 14.5 Å². The molecule has 2 aliphatic rings. The van der Waals surface area contributed by atoms with Crippen LogP contribution in [0, 0.1) is 38.5 Å². The van der Waals surface area contributed by atoms with E-state index in [1.165, 1.54) is 0 Å². The summed E-state index contributed by atoms with van der Waals surface area (Å²) in [5.74, 6) is -2.86. The Morgan fingerprint density at radius 3 is 2.42 bits per heavy atom. The number of nitro benzene ring substituents is 1. The van der Waals surface area contributed by atoms with E-state index in [0.29, 0.717) is 18.1 Å². The lowest BCUT2D eigenvalue weighted by atomic mass is 9.69. The van der Waals surface area contributed by atoms with Crippen LogP contribution >= 0.6 is 0 Å². The Bertz CT molecular complexity index is 735. The second-order valence-electron chi connectivity index (χ2n) is 7.68. The number of amides is 1. The maximum absolute atomic E-state index is 13.5. The van der Waals surface area contributed by atoms with Crippen molar-refractivity contribution in [2.75, 3.05) is 0 Å². The molecule has 2 fully saturated rings. The van der Waals surface area contributed by atoms with Crippen molar-refractivity contribution in [1.29, 1.82) is 0 Å². The van der Waals surface area contributed by atoms with Crippen LogP contribution in [0.15, 0.2) is 12.1 Å². The monoisotopic (exact) mass is 338 g/mol. The van der Waals surface area contributed by atoms with Gasteiger partial charge in [-0.1, -0.05) is 20.8 Å². The molecule has 1 aromatic rings. The van der Waals surface area contributed by atoms with Crippen LogP contribution in [-0.4, -0.2) is 16.9 Å². The fourth-order valence-electron chi connectivity index (χ4n) is 4.53. The zero-order chi connectivity index (χ0) is 17.9. The highest BCUT2D eigenvalue weighted by Crippen LogP contribution is 2.65. The predicted octanol–water partition coefficient (Wildman–Crippen LogP) is 3.82. The molecule has 0 radical (unpaired) electrons. The molecule has 2 bridgehead atoms. The largest absolute Gasteiger partial charge is 0.349 e. The van der Waals surface area contributed by atoms with Gasteiger partial charge in [0.15, 0.2) is 11.6 Å². The van der Waals surface area contributed by atoms with Gasteiger partial charge >= 0.3 is 0 Å². The van der Waals surface area contributed by atoms with Crippen molar-refractivity contribution in [3.63, 3.8) is 0 Å². The average Bonchev–Trinajstić information content (AvgIpc) is 2.82. The number of benzene rings is 1. The normalized spacial score (nSPS) is 30.4. The van der Waals surface area contributed by atoms with Gasteiger partial charge < -0.3 is 5.32 Å². The van der Waals surface area contributed by atoms with E-state index in [2.05, 4.69) is 26.1 Å². The smallest absolute Gasteiger partial charge is 0.285 e. The van der Waals surface area contributed by atoms with Crippen molar-refractivity contribution in [1.82, 2.24) is 5.32 Å². The van der Waals surface area contributed by atoms with Gasteiger partial charge in [0.05, 0.1) is 11.0 Å². The first-order chi connectivity index (χ1) is 11.1. The molecule has 130 valence electrons. The molecule has 24 heavy (non-hydrogen) atoms. The first kappa shape index (κ1) is 16.8. The third kappa shape index (κ3) is 2.21. The molecule has 7 heteroatoms. The van der Waals surface area contributed by atoms with Crippen molar-refractivity contribution in [3.05, 3.63) is 39.4 Å². The molecule has 0 aromatic heterocycles. The first-order valence-corrected chi connectivity index (χ1v) is 8.02. The number of carbonyl (C=O) groups excluding carboxylic acids is 1. The Balaban J connectivity index is 1.90. The van der Waals surface area contributed by atoms with Crippen LogP contribution in [0.3, 0.4) is 0 Å². The second kappa shape index (κ2) is 5.22.